The van der Waals surface area contributed by atoms with Crippen LogP contribution in [0.2, 0.25) is 0 Å². The van der Waals surface area contributed by atoms with Gasteiger partial charge in [-0.3, -0.25) is 9.59 Å². The number of carbonyl (C=O) groups is 2. The molecular weight excluding hydrogens is 418 g/mol. The average Bonchev–Trinajstić information content (AvgIpc) is 3.24. The van der Waals surface area contributed by atoms with Gasteiger partial charge in [-0.15, -0.1) is 0 Å². The van der Waals surface area contributed by atoms with Gasteiger partial charge in [0.1, 0.15) is 24.1 Å². The van der Waals surface area contributed by atoms with E-state index in [1.54, 1.807) is 20.2 Å². The molecule has 0 fully saturated rings. The summed E-state index contributed by atoms with van der Waals surface area (Å²) in [5, 5.41) is 3.76. The van der Waals surface area contributed by atoms with Crippen LogP contribution in [0.4, 0.5) is 5.69 Å². The summed E-state index contributed by atoms with van der Waals surface area (Å²) in [6.07, 6.45) is 1.92. The number of carbonyl (C=O) groups excluding carboxylic acids is 2. The Morgan fingerprint density at radius 2 is 1.91 bits per heavy atom. The van der Waals surface area contributed by atoms with E-state index < -0.39 is 6.04 Å². The molecule has 1 aromatic heterocycles. The number of H-pyrrole nitrogens is 1. The van der Waals surface area contributed by atoms with Crippen molar-refractivity contribution in [1.29, 1.82) is 0 Å². The van der Waals surface area contributed by atoms with Gasteiger partial charge in [0.15, 0.2) is 0 Å². The van der Waals surface area contributed by atoms with Gasteiger partial charge in [-0.1, -0.05) is 24.3 Å². The molecule has 0 spiro atoms. The van der Waals surface area contributed by atoms with Crippen molar-refractivity contribution < 1.29 is 19.1 Å². The van der Waals surface area contributed by atoms with Gasteiger partial charge in [-0.25, -0.2) is 0 Å². The Labute approximate surface area is 190 Å². The van der Waals surface area contributed by atoms with Gasteiger partial charge in [-0.05, 0) is 48.0 Å². The molecule has 7 heteroatoms. The average molecular weight is 441 g/mol. The zero-order valence-corrected chi connectivity index (χ0v) is 18.3. The Morgan fingerprint density at radius 1 is 1.12 bits per heavy atom. The molecule has 7 nitrogen and oxygen atoms in total. The zero-order valence-electron chi connectivity index (χ0n) is 18.3. The van der Waals surface area contributed by atoms with E-state index in [-0.39, 0.29) is 18.4 Å². The molecule has 2 N–H and O–H groups in total. The number of hydrogen-bond donors (Lipinski definition) is 2. The summed E-state index contributed by atoms with van der Waals surface area (Å²) in [7, 11) is 3.31. The summed E-state index contributed by atoms with van der Waals surface area (Å²) >= 11 is 0. The number of para-hydroxylation sites is 2. The molecule has 1 atom stereocenters. The monoisotopic (exact) mass is 441 g/mol. The molecule has 166 valence electrons. The number of anilines is 1. The van der Waals surface area contributed by atoms with Crippen molar-refractivity contribution >= 4 is 28.4 Å². The third-order valence-electron chi connectivity index (χ3n) is 5.91. The number of rotatable bonds is 4. The second kappa shape index (κ2) is 8.35. The third kappa shape index (κ3) is 3.78. The number of aromatic nitrogens is 1. The molecule has 1 aliphatic rings. The van der Waals surface area contributed by atoms with E-state index in [0.29, 0.717) is 17.0 Å². The molecule has 5 rings (SSSR count). The molecule has 0 radical (unpaired) electrons. The number of likely N-dealkylation sites (N-methyl/N-ethyl adjacent to an activating group) is 1. The highest BCUT2D eigenvalue weighted by molar-refractivity contribution is 6.06. The maximum atomic E-state index is 13.1. The number of nitrogens with one attached hydrogen (secondary N) is 2. The SMILES string of the molecule is COc1ccc(-c2c[nH]c3ccc(C(=O)N[C@H]4COc5ccccc5N(C)C4=O)cc23)cc1. The maximum Gasteiger partial charge on any atom is 0.252 e. The highest BCUT2D eigenvalue weighted by atomic mass is 16.5. The zero-order chi connectivity index (χ0) is 22.9. The molecule has 0 bridgehead atoms. The number of amides is 2. The third-order valence-corrected chi connectivity index (χ3v) is 5.91. The van der Waals surface area contributed by atoms with Gasteiger partial charge >= 0.3 is 0 Å². The van der Waals surface area contributed by atoms with E-state index in [4.69, 9.17) is 9.47 Å². The smallest absolute Gasteiger partial charge is 0.252 e. The van der Waals surface area contributed by atoms with Gasteiger partial charge in [-0.2, -0.15) is 0 Å². The minimum absolute atomic E-state index is 0.0649. The first-order valence-electron chi connectivity index (χ1n) is 10.6. The predicted molar refractivity (Wildman–Crippen MR) is 127 cm³/mol. The van der Waals surface area contributed by atoms with Crippen LogP contribution < -0.4 is 19.7 Å². The van der Waals surface area contributed by atoms with E-state index in [1.165, 1.54) is 4.90 Å². The summed E-state index contributed by atoms with van der Waals surface area (Å²) in [6, 6.07) is 19.7. The van der Waals surface area contributed by atoms with E-state index >= 15 is 0 Å². The predicted octanol–water partition coefficient (Wildman–Crippen LogP) is 4.00. The Morgan fingerprint density at radius 3 is 2.70 bits per heavy atom. The first-order valence-corrected chi connectivity index (χ1v) is 10.6. The second-order valence-electron chi connectivity index (χ2n) is 7.89. The lowest BCUT2D eigenvalue weighted by Gasteiger charge is -2.20. The molecule has 33 heavy (non-hydrogen) atoms. The van der Waals surface area contributed by atoms with Gasteiger partial charge < -0.3 is 24.7 Å². The van der Waals surface area contributed by atoms with Gasteiger partial charge in [0.2, 0.25) is 0 Å². The lowest BCUT2D eigenvalue weighted by Crippen LogP contribution is -2.49. The number of nitrogens with zero attached hydrogens (tertiary/aromatic N) is 1. The summed E-state index contributed by atoms with van der Waals surface area (Å²) in [5.41, 5.74) is 4.05. The summed E-state index contributed by atoms with van der Waals surface area (Å²) in [5.74, 6) is 0.832. The van der Waals surface area contributed by atoms with Gasteiger partial charge in [0.25, 0.3) is 11.8 Å². The summed E-state index contributed by atoms with van der Waals surface area (Å²) in [4.78, 5) is 30.8. The van der Waals surface area contributed by atoms with Crippen LogP contribution in [0, 0.1) is 0 Å². The van der Waals surface area contributed by atoms with Crippen molar-refractivity contribution in [2.45, 2.75) is 6.04 Å². The Bertz CT molecular complexity index is 1340. The molecule has 1 aliphatic heterocycles. The Hall–Kier alpha value is -4.26. The van der Waals surface area contributed by atoms with Crippen molar-refractivity contribution in [2.75, 3.05) is 25.7 Å². The van der Waals surface area contributed by atoms with Crippen LogP contribution >= 0.6 is 0 Å². The van der Waals surface area contributed by atoms with Crippen LogP contribution in [0.3, 0.4) is 0 Å². The van der Waals surface area contributed by atoms with Gasteiger partial charge in [0.05, 0.1) is 12.8 Å². The highest BCUT2D eigenvalue weighted by Gasteiger charge is 2.30. The molecule has 4 aromatic rings. The lowest BCUT2D eigenvalue weighted by molar-refractivity contribution is -0.120. The number of fused-ring (bicyclic) bond motifs is 2. The maximum absolute atomic E-state index is 13.1. The summed E-state index contributed by atoms with van der Waals surface area (Å²) in [6.45, 7) is 0.0649. The molecule has 2 heterocycles. The number of benzene rings is 3. The van der Waals surface area contributed by atoms with Crippen LogP contribution in [0.5, 0.6) is 11.5 Å². The molecule has 0 unspecified atom stereocenters. The number of methoxy groups -OCH3 is 1. The van der Waals surface area contributed by atoms with E-state index in [9.17, 15) is 9.59 Å². The van der Waals surface area contributed by atoms with Crippen LogP contribution in [-0.2, 0) is 4.79 Å². The van der Waals surface area contributed by atoms with Crippen molar-refractivity contribution in [2.24, 2.45) is 0 Å². The minimum atomic E-state index is -0.794. The topological polar surface area (TPSA) is 83.7 Å². The van der Waals surface area contributed by atoms with Crippen molar-refractivity contribution in [3.63, 3.8) is 0 Å². The standard InChI is InChI=1S/C26H23N3O4/c1-29-23-5-3-4-6-24(23)33-15-22(26(29)31)28-25(30)17-9-12-21-19(13-17)20(14-27-21)16-7-10-18(32-2)11-8-16/h3-14,22,27H,15H2,1-2H3,(H,28,30)/t22-/m0/s1. The quantitative estimate of drug-likeness (QED) is 0.502. The fourth-order valence-electron chi connectivity index (χ4n) is 4.07. The van der Waals surface area contributed by atoms with Crippen molar-refractivity contribution in [1.82, 2.24) is 10.3 Å². The minimum Gasteiger partial charge on any atom is -0.497 e. The highest BCUT2D eigenvalue weighted by Crippen LogP contribution is 2.31. The molecule has 0 saturated carbocycles. The molecule has 0 saturated heterocycles. The molecule has 0 aliphatic carbocycles. The number of ether oxygens (including phenoxy) is 2. The first kappa shape index (κ1) is 20.6. The second-order valence-corrected chi connectivity index (χ2v) is 7.89. The normalized spacial score (nSPS) is 15.5. The van der Waals surface area contributed by atoms with Gasteiger partial charge in [0, 0.05) is 35.3 Å². The molecule has 2 amide bonds. The van der Waals surface area contributed by atoms with E-state index in [1.807, 2.05) is 66.9 Å². The molecule has 3 aromatic carbocycles. The van der Waals surface area contributed by atoms with Crippen LogP contribution in [-0.4, -0.2) is 43.6 Å². The Balaban J connectivity index is 1.40. The summed E-state index contributed by atoms with van der Waals surface area (Å²) < 4.78 is 11.0. The van der Waals surface area contributed by atoms with Crippen LogP contribution in [0.15, 0.2) is 72.9 Å². The number of hydrogen-bond acceptors (Lipinski definition) is 4. The van der Waals surface area contributed by atoms with Crippen LogP contribution in [0.1, 0.15) is 10.4 Å². The Kier molecular flexibility index (Phi) is 5.22. The number of aromatic amines is 1. The largest absolute Gasteiger partial charge is 0.497 e. The lowest BCUT2D eigenvalue weighted by atomic mass is 10.0. The fourth-order valence-corrected chi connectivity index (χ4v) is 4.07. The van der Waals surface area contributed by atoms with Crippen molar-refractivity contribution in [3.8, 4) is 22.6 Å². The van der Waals surface area contributed by atoms with E-state index in [0.717, 1.165) is 27.8 Å². The van der Waals surface area contributed by atoms with Crippen LogP contribution in [0.25, 0.3) is 22.0 Å². The first-order chi connectivity index (χ1) is 16.0. The fraction of sp³-hybridized carbons (Fsp3) is 0.154. The van der Waals surface area contributed by atoms with E-state index in [2.05, 4.69) is 10.3 Å². The molecular formula is C26H23N3O4. The van der Waals surface area contributed by atoms with Crippen molar-refractivity contribution in [3.05, 3.63) is 78.5 Å².